The molecule has 0 radical (unpaired) electrons. The number of pyridine rings is 1. The Hall–Kier alpha value is -1.18. The second-order valence-corrected chi connectivity index (χ2v) is 6.94. The van der Waals surface area contributed by atoms with E-state index in [1.165, 1.54) is 23.6 Å². The molecule has 4 nitrogen and oxygen atoms in total. The fourth-order valence-corrected chi connectivity index (χ4v) is 3.01. The SMILES string of the molecule is CSC(C)CC(=O)Nc1sc(-c2ccc(F)nc2)nc1Cl. The van der Waals surface area contributed by atoms with Crippen molar-refractivity contribution >= 4 is 45.6 Å². The van der Waals surface area contributed by atoms with Gasteiger partial charge in [-0.3, -0.25) is 4.79 Å². The van der Waals surface area contributed by atoms with Crippen LogP contribution in [0.5, 0.6) is 0 Å². The summed E-state index contributed by atoms with van der Waals surface area (Å²) in [6.07, 6.45) is 3.74. The molecule has 1 unspecified atom stereocenters. The number of thiazole rings is 1. The summed E-state index contributed by atoms with van der Waals surface area (Å²) in [6, 6.07) is 2.82. The predicted molar refractivity (Wildman–Crippen MR) is 86.5 cm³/mol. The van der Waals surface area contributed by atoms with E-state index in [1.54, 1.807) is 17.8 Å². The molecule has 21 heavy (non-hydrogen) atoms. The first kappa shape index (κ1) is 16.2. The van der Waals surface area contributed by atoms with E-state index in [2.05, 4.69) is 15.3 Å². The average Bonchev–Trinajstić information content (AvgIpc) is 2.80. The minimum atomic E-state index is -0.555. The van der Waals surface area contributed by atoms with Gasteiger partial charge < -0.3 is 5.32 Å². The van der Waals surface area contributed by atoms with Crippen LogP contribution in [0, 0.1) is 5.95 Å². The van der Waals surface area contributed by atoms with E-state index in [0.717, 1.165) is 0 Å². The number of nitrogens with zero attached hydrogens (tertiary/aromatic N) is 2. The molecule has 2 aromatic rings. The van der Waals surface area contributed by atoms with Crippen molar-refractivity contribution in [3.63, 3.8) is 0 Å². The molecule has 0 saturated carbocycles. The average molecular weight is 346 g/mol. The quantitative estimate of drug-likeness (QED) is 0.830. The van der Waals surface area contributed by atoms with Gasteiger partial charge in [0.1, 0.15) is 10.0 Å². The van der Waals surface area contributed by atoms with Crippen LogP contribution in [0.3, 0.4) is 0 Å². The van der Waals surface area contributed by atoms with Gasteiger partial charge >= 0.3 is 0 Å². The number of thioether (sulfide) groups is 1. The van der Waals surface area contributed by atoms with Gasteiger partial charge in [0.05, 0.1) is 0 Å². The van der Waals surface area contributed by atoms with E-state index < -0.39 is 5.95 Å². The molecule has 0 spiro atoms. The van der Waals surface area contributed by atoms with Crippen LogP contribution in [0.25, 0.3) is 10.6 Å². The van der Waals surface area contributed by atoms with Gasteiger partial charge in [-0.2, -0.15) is 16.2 Å². The highest BCUT2D eigenvalue weighted by Gasteiger charge is 2.15. The lowest BCUT2D eigenvalue weighted by atomic mass is 10.3. The van der Waals surface area contributed by atoms with Crippen molar-refractivity contribution in [3.8, 4) is 10.6 Å². The molecule has 0 aliphatic carbocycles. The van der Waals surface area contributed by atoms with Gasteiger partial charge in [0, 0.05) is 23.4 Å². The Morgan fingerprint density at radius 1 is 1.57 bits per heavy atom. The molecule has 0 aliphatic heterocycles. The Morgan fingerprint density at radius 2 is 2.33 bits per heavy atom. The molecule has 1 atom stereocenters. The summed E-state index contributed by atoms with van der Waals surface area (Å²) < 4.78 is 12.8. The number of aromatic nitrogens is 2. The third kappa shape index (κ3) is 4.39. The first-order valence-electron chi connectivity index (χ1n) is 6.10. The fourth-order valence-electron chi connectivity index (χ4n) is 1.53. The molecule has 0 aromatic carbocycles. The molecule has 1 amide bonds. The van der Waals surface area contributed by atoms with E-state index >= 15 is 0 Å². The number of rotatable bonds is 5. The smallest absolute Gasteiger partial charge is 0.226 e. The van der Waals surface area contributed by atoms with Crippen molar-refractivity contribution in [2.24, 2.45) is 0 Å². The lowest BCUT2D eigenvalue weighted by Crippen LogP contribution is -2.15. The molecular weight excluding hydrogens is 333 g/mol. The molecular formula is C13H13ClFN3OS2. The predicted octanol–water partition coefficient (Wildman–Crippen LogP) is 4.08. The summed E-state index contributed by atoms with van der Waals surface area (Å²) in [4.78, 5) is 19.6. The Labute approximate surface area is 135 Å². The second-order valence-electron chi connectivity index (χ2n) is 4.31. The molecule has 0 bridgehead atoms. The minimum Gasteiger partial charge on any atom is -0.315 e. The van der Waals surface area contributed by atoms with Crippen LogP contribution in [-0.4, -0.2) is 27.4 Å². The van der Waals surface area contributed by atoms with E-state index in [0.29, 0.717) is 22.0 Å². The van der Waals surface area contributed by atoms with E-state index in [4.69, 9.17) is 11.6 Å². The molecule has 0 saturated heterocycles. The van der Waals surface area contributed by atoms with E-state index in [1.807, 2.05) is 13.2 Å². The molecule has 0 fully saturated rings. The summed E-state index contributed by atoms with van der Waals surface area (Å²) in [5.74, 6) is -0.660. The van der Waals surface area contributed by atoms with Gasteiger partial charge in [-0.1, -0.05) is 29.9 Å². The Kier molecular flexibility index (Phi) is 5.55. The highest BCUT2D eigenvalue weighted by Crippen LogP contribution is 2.35. The maximum atomic E-state index is 12.8. The van der Waals surface area contributed by atoms with Crippen molar-refractivity contribution in [2.45, 2.75) is 18.6 Å². The van der Waals surface area contributed by atoms with Crippen LogP contribution in [0.1, 0.15) is 13.3 Å². The molecule has 2 rings (SSSR count). The summed E-state index contributed by atoms with van der Waals surface area (Å²) in [5, 5.41) is 4.29. The summed E-state index contributed by atoms with van der Waals surface area (Å²) in [5.41, 5.74) is 0.654. The summed E-state index contributed by atoms with van der Waals surface area (Å²) in [6.45, 7) is 1.98. The van der Waals surface area contributed by atoms with Crippen LogP contribution in [-0.2, 0) is 4.79 Å². The number of halogens is 2. The third-order valence-corrected chi connectivity index (χ3v) is 5.07. The Morgan fingerprint density at radius 3 is 2.95 bits per heavy atom. The fraction of sp³-hybridized carbons (Fsp3) is 0.308. The van der Waals surface area contributed by atoms with Crippen LogP contribution in [0.4, 0.5) is 9.39 Å². The molecule has 2 heterocycles. The first-order chi connectivity index (χ1) is 9.99. The maximum absolute atomic E-state index is 12.8. The number of hydrogen-bond donors (Lipinski definition) is 1. The molecule has 8 heteroatoms. The van der Waals surface area contributed by atoms with Gasteiger partial charge in [-0.15, -0.1) is 0 Å². The molecule has 0 aliphatic rings. The highest BCUT2D eigenvalue weighted by molar-refractivity contribution is 7.99. The molecule has 1 N–H and O–H groups in total. The van der Waals surface area contributed by atoms with E-state index in [9.17, 15) is 9.18 Å². The zero-order chi connectivity index (χ0) is 15.4. The Bertz CT molecular complexity index is 633. The highest BCUT2D eigenvalue weighted by atomic mass is 35.5. The topological polar surface area (TPSA) is 54.9 Å². The number of hydrogen-bond acceptors (Lipinski definition) is 5. The minimum absolute atomic E-state index is 0.105. The van der Waals surface area contributed by atoms with Crippen LogP contribution >= 0.6 is 34.7 Å². The van der Waals surface area contributed by atoms with Gasteiger partial charge in [0.25, 0.3) is 0 Å². The van der Waals surface area contributed by atoms with Crippen molar-refractivity contribution in [1.82, 2.24) is 9.97 Å². The summed E-state index contributed by atoms with van der Waals surface area (Å²) in [7, 11) is 0. The van der Waals surface area contributed by atoms with Crippen molar-refractivity contribution in [2.75, 3.05) is 11.6 Å². The largest absolute Gasteiger partial charge is 0.315 e. The van der Waals surface area contributed by atoms with Crippen LogP contribution in [0.2, 0.25) is 5.15 Å². The van der Waals surface area contributed by atoms with Crippen molar-refractivity contribution < 1.29 is 9.18 Å². The zero-order valence-electron chi connectivity index (χ0n) is 11.4. The number of amides is 1. The Balaban J connectivity index is 2.12. The molecule has 2 aromatic heterocycles. The first-order valence-corrected chi connectivity index (χ1v) is 8.58. The summed E-state index contributed by atoms with van der Waals surface area (Å²) >= 11 is 8.88. The number of anilines is 1. The maximum Gasteiger partial charge on any atom is 0.226 e. The van der Waals surface area contributed by atoms with Gasteiger partial charge in [0.2, 0.25) is 11.9 Å². The number of nitrogens with one attached hydrogen (secondary N) is 1. The van der Waals surface area contributed by atoms with Gasteiger partial charge in [-0.25, -0.2) is 9.97 Å². The number of carbonyl (C=O) groups excluding carboxylic acids is 1. The lowest BCUT2D eigenvalue weighted by molar-refractivity contribution is -0.116. The normalized spacial score (nSPS) is 12.2. The van der Waals surface area contributed by atoms with Crippen molar-refractivity contribution in [3.05, 3.63) is 29.4 Å². The second kappa shape index (κ2) is 7.20. The number of carbonyl (C=O) groups is 1. The molecule has 112 valence electrons. The standard InChI is InChI=1S/C13H13ClFN3OS2/c1-7(20-2)5-10(19)17-13-11(14)18-12(21-13)8-3-4-9(15)16-6-8/h3-4,6-7H,5H2,1-2H3,(H,17,19). The van der Waals surface area contributed by atoms with Crippen LogP contribution in [0.15, 0.2) is 18.3 Å². The van der Waals surface area contributed by atoms with Gasteiger partial charge in [0.15, 0.2) is 5.15 Å². The van der Waals surface area contributed by atoms with Crippen molar-refractivity contribution in [1.29, 1.82) is 0 Å². The van der Waals surface area contributed by atoms with Crippen LogP contribution < -0.4 is 5.32 Å². The zero-order valence-corrected chi connectivity index (χ0v) is 13.8. The monoisotopic (exact) mass is 345 g/mol. The lowest BCUT2D eigenvalue weighted by Gasteiger charge is -2.07. The van der Waals surface area contributed by atoms with E-state index in [-0.39, 0.29) is 16.3 Å². The third-order valence-electron chi connectivity index (χ3n) is 2.69. The van der Waals surface area contributed by atoms with Gasteiger partial charge in [-0.05, 0) is 18.4 Å².